The number of alkyl halides is 1. The summed E-state index contributed by atoms with van der Waals surface area (Å²) in [5.74, 6) is -1.01. The van der Waals surface area contributed by atoms with Crippen molar-refractivity contribution in [3.05, 3.63) is 29.6 Å². The zero-order chi connectivity index (χ0) is 19.6. The summed E-state index contributed by atoms with van der Waals surface area (Å²) < 4.78 is 34.9. The Labute approximate surface area is 155 Å². The fourth-order valence-corrected chi connectivity index (χ4v) is 3.46. The highest BCUT2D eigenvalue weighted by atomic mass is 19.1. The molecule has 3 amide bonds. The van der Waals surface area contributed by atoms with E-state index in [-0.39, 0.29) is 56.2 Å². The van der Waals surface area contributed by atoms with Crippen LogP contribution in [0.15, 0.2) is 18.2 Å². The topological polar surface area (TPSA) is 79.0 Å². The number of hydrogen-bond acceptors (Lipinski definition) is 4. The van der Waals surface area contributed by atoms with Gasteiger partial charge < -0.3 is 15.0 Å². The van der Waals surface area contributed by atoms with E-state index in [0.29, 0.717) is 6.41 Å². The van der Waals surface area contributed by atoms with E-state index in [2.05, 4.69) is 5.32 Å². The fraction of sp³-hybridized carbons (Fsp3) is 0.500. The van der Waals surface area contributed by atoms with Gasteiger partial charge in [-0.2, -0.15) is 0 Å². The largest absolute Gasteiger partial charge is 0.447 e. The van der Waals surface area contributed by atoms with Crippen LogP contribution in [0.2, 0.25) is 0 Å². The Hall–Kier alpha value is -2.71. The summed E-state index contributed by atoms with van der Waals surface area (Å²) in [5, 5.41) is 2.60. The van der Waals surface area contributed by atoms with Gasteiger partial charge in [-0.15, -0.1) is 0 Å². The molecule has 9 heteroatoms. The zero-order valence-electron chi connectivity index (χ0n) is 14.9. The van der Waals surface area contributed by atoms with Crippen molar-refractivity contribution in [2.75, 3.05) is 31.1 Å². The standard InChI is InChI=1S/C18H21F2N3O4/c1-12(25)21-9-14-10-27-17(26)23(14)13-2-3-15(16(19)8-13)18(20)4-6-22(11-24)7-5-18/h2-3,8,11,14H,4-7,9-10H2,1H3,(H,21,25)/t14-/m0/s1. The van der Waals surface area contributed by atoms with E-state index >= 15 is 4.39 Å². The van der Waals surface area contributed by atoms with Crippen LogP contribution in [0.5, 0.6) is 0 Å². The smallest absolute Gasteiger partial charge is 0.414 e. The van der Waals surface area contributed by atoms with Gasteiger partial charge in [-0.1, -0.05) is 6.07 Å². The predicted octanol–water partition coefficient (Wildman–Crippen LogP) is 1.70. The first-order chi connectivity index (χ1) is 12.8. The number of carbonyl (C=O) groups excluding carboxylic acids is 3. The Morgan fingerprint density at radius 3 is 2.70 bits per heavy atom. The second-order valence-corrected chi connectivity index (χ2v) is 6.81. The number of likely N-dealkylation sites (tertiary alicyclic amines) is 1. The number of halogens is 2. The SMILES string of the molecule is CC(=O)NC[C@H]1COC(=O)N1c1ccc(C2(F)CCN(C=O)CC2)c(F)c1. The van der Waals surface area contributed by atoms with E-state index in [1.807, 2.05) is 0 Å². The second-order valence-electron chi connectivity index (χ2n) is 6.81. The highest BCUT2D eigenvalue weighted by Gasteiger charge is 2.39. The minimum Gasteiger partial charge on any atom is -0.447 e. The molecule has 0 bridgehead atoms. The average Bonchev–Trinajstić information content (AvgIpc) is 3.01. The number of nitrogens with one attached hydrogen (secondary N) is 1. The van der Waals surface area contributed by atoms with Gasteiger partial charge in [-0.3, -0.25) is 14.5 Å². The summed E-state index contributed by atoms with van der Waals surface area (Å²) >= 11 is 0. The van der Waals surface area contributed by atoms with E-state index in [1.165, 1.54) is 28.9 Å². The maximum absolute atomic E-state index is 15.2. The molecular formula is C18H21F2N3O4. The lowest BCUT2D eigenvalue weighted by molar-refractivity contribution is -0.121. The van der Waals surface area contributed by atoms with Crippen molar-refractivity contribution in [1.29, 1.82) is 0 Å². The molecule has 0 radical (unpaired) electrons. The number of benzene rings is 1. The Morgan fingerprint density at radius 2 is 2.11 bits per heavy atom. The molecule has 1 N–H and O–H groups in total. The van der Waals surface area contributed by atoms with Crippen LogP contribution >= 0.6 is 0 Å². The van der Waals surface area contributed by atoms with Crippen molar-refractivity contribution in [2.24, 2.45) is 0 Å². The van der Waals surface area contributed by atoms with Crippen LogP contribution in [-0.2, 0) is 20.0 Å². The monoisotopic (exact) mass is 381 g/mol. The number of piperidine rings is 1. The first-order valence-corrected chi connectivity index (χ1v) is 8.73. The minimum atomic E-state index is -1.86. The highest BCUT2D eigenvalue weighted by Crippen LogP contribution is 2.39. The van der Waals surface area contributed by atoms with Crippen LogP contribution in [0.25, 0.3) is 0 Å². The first-order valence-electron chi connectivity index (χ1n) is 8.73. The number of ether oxygens (including phenoxy) is 1. The summed E-state index contributed by atoms with van der Waals surface area (Å²) in [6.45, 7) is 2.03. The summed E-state index contributed by atoms with van der Waals surface area (Å²) in [6, 6.07) is 3.44. The molecule has 2 heterocycles. The summed E-state index contributed by atoms with van der Waals surface area (Å²) in [4.78, 5) is 36.6. The van der Waals surface area contributed by atoms with Crippen LogP contribution in [-0.4, -0.2) is 55.6 Å². The Kier molecular flexibility index (Phi) is 5.29. The molecule has 2 saturated heterocycles. The second kappa shape index (κ2) is 7.50. The molecule has 1 atom stereocenters. The molecule has 146 valence electrons. The van der Waals surface area contributed by atoms with Crippen LogP contribution in [0.3, 0.4) is 0 Å². The third-order valence-electron chi connectivity index (χ3n) is 5.00. The molecule has 1 aromatic carbocycles. The minimum absolute atomic E-state index is 0.0128. The number of amides is 3. The normalized spacial score (nSPS) is 21.7. The van der Waals surface area contributed by atoms with Crippen molar-refractivity contribution in [1.82, 2.24) is 10.2 Å². The molecule has 3 rings (SSSR count). The quantitative estimate of drug-likeness (QED) is 0.788. The Morgan fingerprint density at radius 1 is 1.41 bits per heavy atom. The Balaban J connectivity index is 1.80. The molecular weight excluding hydrogens is 360 g/mol. The molecule has 2 aliphatic heterocycles. The Bertz CT molecular complexity index is 750. The van der Waals surface area contributed by atoms with Gasteiger partial charge >= 0.3 is 6.09 Å². The molecule has 0 unspecified atom stereocenters. The van der Waals surface area contributed by atoms with E-state index in [4.69, 9.17) is 4.74 Å². The molecule has 0 saturated carbocycles. The molecule has 7 nitrogen and oxygen atoms in total. The van der Waals surface area contributed by atoms with Gasteiger partial charge in [0.25, 0.3) is 0 Å². The molecule has 2 fully saturated rings. The van der Waals surface area contributed by atoms with Gasteiger partial charge in [0.2, 0.25) is 12.3 Å². The highest BCUT2D eigenvalue weighted by molar-refractivity contribution is 5.90. The van der Waals surface area contributed by atoms with E-state index in [0.717, 1.165) is 6.07 Å². The fourth-order valence-electron chi connectivity index (χ4n) is 3.46. The predicted molar refractivity (Wildman–Crippen MR) is 92.4 cm³/mol. The van der Waals surface area contributed by atoms with Crippen molar-refractivity contribution in [3.63, 3.8) is 0 Å². The van der Waals surface area contributed by atoms with E-state index < -0.39 is 23.6 Å². The van der Waals surface area contributed by atoms with E-state index in [9.17, 15) is 18.8 Å². The van der Waals surface area contributed by atoms with Gasteiger partial charge in [0.1, 0.15) is 18.1 Å². The summed E-state index contributed by atoms with van der Waals surface area (Å²) in [6.07, 6.45) is 0.0391. The number of hydrogen-bond donors (Lipinski definition) is 1. The lowest BCUT2D eigenvalue weighted by atomic mass is 9.86. The van der Waals surface area contributed by atoms with Crippen LogP contribution in [0.4, 0.5) is 19.3 Å². The van der Waals surface area contributed by atoms with Crippen molar-refractivity contribution < 1.29 is 27.9 Å². The lowest BCUT2D eigenvalue weighted by Gasteiger charge is -2.35. The summed E-state index contributed by atoms with van der Waals surface area (Å²) in [7, 11) is 0. The zero-order valence-corrected chi connectivity index (χ0v) is 14.9. The first kappa shape index (κ1) is 19.1. The maximum Gasteiger partial charge on any atom is 0.414 e. The summed E-state index contributed by atoms with van der Waals surface area (Å²) in [5.41, 5.74) is -1.70. The lowest BCUT2D eigenvalue weighted by Crippen LogP contribution is -2.42. The van der Waals surface area contributed by atoms with Gasteiger partial charge in [-0.05, 0) is 12.1 Å². The molecule has 0 aliphatic carbocycles. The van der Waals surface area contributed by atoms with Gasteiger partial charge in [-0.25, -0.2) is 13.6 Å². The molecule has 27 heavy (non-hydrogen) atoms. The molecule has 0 spiro atoms. The van der Waals surface area contributed by atoms with Crippen molar-refractivity contribution in [3.8, 4) is 0 Å². The van der Waals surface area contributed by atoms with Gasteiger partial charge in [0.15, 0.2) is 0 Å². The third kappa shape index (κ3) is 3.86. The molecule has 0 aromatic heterocycles. The number of carbonyl (C=O) groups is 3. The van der Waals surface area contributed by atoms with Crippen LogP contribution in [0.1, 0.15) is 25.3 Å². The van der Waals surface area contributed by atoms with Crippen molar-refractivity contribution >= 4 is 24.1 Å². The van der Waals surface area contributed by atoms with E-state index in [1.54, 1.807) is 0 Å². The molecule has 2 aliphatic rings. The number of cyclic esters (lactones) is 1. The number of rotatable bonds is 5. The number of nitrogens with zero attached hydrogens (tertiary/aromatic N) is 2. The van der Waals surface area contributed by atoms with Crippen molar-refractivity contribution in [2.45, 2.75) is 31.5 Å². The average molecular weight is 381 g/mol. The van der Waals surface area contributed by atoms with Crippen LogP contribution in [0, 0.1) is 5.82 Å². The van der Waals surface area contributed by atoms with Gasteiger partial charge in [0, 0.05) is 45.0 Å². The van der Waals surface area contributed by atoms with Gasteiger partial charge in [0.05, 0.1) is 11.7 Å². The number of anilines is 1. The van der Waals surface area contributed by atoms with Crippen LogP contribution < -0.4 is 10.2 Å². The third-order valence-corrected chi connectivity index (χ3v) is 5.00. The molecule has 1 aromatic rings. The maximum atomic E-state index is 15.2.